The number of carboxylic acid groups (broad SMARTS) is 1. The number of aliphatic carboxylic acids is 1. The van der Waals surface area contributed by atoms with Gasteiger partial charge < -0.3 is 15.9 Å². The molecule has 0 rings (SSSR count). The molecule has 2 atom stereocenters. The predicted molar refractivity (Wildman–Crippen MR) is 53.8 cm³/mol. The SMILES string of the molecule is CC(O)CSC(C)(C)[C@H](N)C(=O)O. The lowest BCUT2D eigenvalue weighted by Gasteiger charge is -2.28. The van der Waals surface area contributed by atoms with Gasteiger partial charge in [0, 0.05) is 10.5 Å². The molecule has 0 fully saturated rings. The van der Waals surface area contributed by atoms with Crippen LogP contribution >= 0.6 is 11.8 Å². The van der Waals surface area contributed by atoms with Crippen LogP contribution in [-0.2, 0) is 4.79 Å². The molecule has 0 saturated heterocycles. The van der Waals surface area contributed by atoms with Crippen LogP contribution in [0.3, 0.4) is 0 Å². The molecule has 13 heavy (non-hydrogen) atoms. The molecule has 0 bridgehead atoms. The van der Waals surface area contributed by atoms with E-state index in [2.05, 4.69) is 0 Å². The molecule has 0 aliphatic carbocycles. The molecule has 0 aromatic rings. The van der Waals surface area contributed by atoms with Crippen molar-refractivity contribution in [1.82, 2.24) is 0 Å². The van der Waals surface area contributed by atoms with Crippen LogP contribution in [0.2, 0.25) is 0 Å². The summed E-state index contributed by atoms with van der Waals surface area (Å²) >= 11 is 1.37. The first-order valence-corrected chi connectivity index (χ1v) is 5.06. The van der Waals surface area contributed by atoms with E-state index in [4.69, 9.17) is 15.9 Å². The van der Waals surface area contributed by atoms with E-state index in [1.807, 2.05) is 0 Å². The van der Waals surface area contributed by atoms with E-state index in [-0.39, 0.29) is 0 Å². The topological polar surface area (TPSA) is 83.5 Å². The molecule has 0 aliphatic heterocycles. The van der Waals surface area contributed by atoms with Crippen LogP contribution in [0.15, 0.2) is 0 Å². The minimum Gasteiger partial charge on any atom is -0.480 e. The van der Waals surface area contributed by atoms with Gasteiger partial charge in [-0.25, -0.2) is 0 Å². The summed E-state index contributed by atoms with van der Waals surface area (Å²) < 4.78 is -0.553. The average molecular weight is 207 g/mol. The van der Waals surface area contributed by atoms with Crippen LogP contribution < -0.4 is 5.73 Å². The van der Waals surface area contributed by atoms with Crippen LogP contribution in [0.25, 0.3) is 0 Å². The number of nitrogens with two attached hydrogens (primary N) is 1. The number of thioether (sulfide) groups is 1. The van der Waals surface area contributed by atoms with E-state index in [1.54, 1.807) is 20.8 Å². The van der Waals surface area contributed by atoms with E-state index < -0.39 is 22.9 Å². The smallest absolute Gasteiger partial charge is 0.321 e. The standard InChI is InChI=1S/C8H17NO3S/c1-5(10)4-13-8(2,3)6(9)7(11)12/h5-6,10H,4,9H2,1-3H3,(H,11,12)/t5?,6-/m1/s1. The molecule has 0 aliphatic rings. The zero-order chi connectivity index (χ0) is 10.6. The third kappa shape index (κ3) is 4.50. The second kappa shape index (κ2) is 4.83. The Balaban J connectivity index is 4.13. The molecule has 5 heteroatoms. The maximum Gasteiger partial charge on any atom is 0.321 e. The van der Waals surface area contributed by atoms with E-state index >= 15 is 0 Å². The van der Waals surface area contributed by atoms with Crippen LogP contribution in [0.4, 0.5) is 0 Å². The fourth-order valence-corrected chi connectivity index (χ4v) is 1.67. The maximum atomic E-state index is 10.6. The summed E-state index contributed by atoms with van der Waals surface area (Å²) in [5.41, 5.74) is 5.48. The minimum absolute atomic E-state index is 0.440. The Hall–Kier alpha value is -0.260. The molecule has 0 amide bonds. The third-order valence-electron chi connectivity index (χ3n) is 1.71. The Bertz CT molecular complexity index is 182. The Morgan fingerprint density at radius 1 is 1.62 bits per heavy atom. The summed E-state index contributed by atoms with van der Waals surface area (Å²) in [6, 6.07) is -0.906. The lowest BCUT2D eigenvalue weighted by atomic mass is 10.1. The first-order chi connectivity index (χ1) is 5.77. The van der Waals surface area contributed by atoms with Crippen molar-refractivity contribution in [2.45, 2.75) is 37.7 Å². The summed E-state index contributed by atoms with van der Waals surface area (Å²) in [5.74, 6) is -0.517. The van der Waals surface area contributed by atoms with E-state index in [0.29, 0.717) is 5.75 Å². The van der Waals surface area contributed by atoms with Gasteiger partial charge in [0.1, 0.15) is 6.04 Å². The van der Waals surface area contributed by atoms with E-state index in [9.17, 15) is 4.79 Å². The molecule has 0 heterocycles. The van der Waals surface area contributed by atoms with Crippen molar-refractivity contribution in [3.05, 3.63) is 0 Å². The van der Waals surface area contributed by atoms with Crippen molar-refractivity contribution in [3.8, 4) is 0 Å². The molecule has 0 saturated carbocycles. The van der Waals surface area contributed by atoms with Gasteiger partial charge in [-0.15, -0.1) is 0 Å². The molecular weight excluding hydrogens is 190 g/mol. The number of hydrogen-bond donors (Lipinski definition) is 3. The summed E-state index contributed by atoms with van der Waals surface area (Å²) in [7, 11) is 0. The largest absolute Gasteiger partial charge is 0.480 e. The molecule has 0 aromatic heterocycles. The highest BCUT2D eigenvalue weighted by Crippen LogP contribution is 2.27. The maximum absolute atomic E-state index is 10.6. The third-order valence-corrected chi connectivity index (χ3v) is 3.36. The van der Waals surface area contributed by atoms with Gasteiger partial charge in [-0.3, -0.25) is 4.79 Å². The van der Waals surface area contributed by atoms with Gasteiger partial charge in [-0.05, 0) is 20.8 Å². The summed E-state index contributed by atoms with van der Waals surface area (Å²) in [5, 5.41) is 17.7. The summed E-state index contributed by atoms with van der Waals surface area (Å²) in [4.78, 5) is 10.6. The lowest BCUT2D eigenvalue weighted by molar-refractivity contribution is -0.139. The van der Waals surface area contributed by atoms with Crippen molar-refractivity contribution < 1.29 is 15.0 Å². The highest BCUT2D eigenvalue weighted by atomic mass is 32.2. The number of aliphatic hydroxyl groups is 1. The molecule has 1 unspecified atom stereocenters. The number of aliphatic hydroxyl groups excluding tert-OH is 1. The van der Waals surface area contributed by atoms with Crippen molar-refractivity contribution in [1.29, 1.82) is 0 Å². The molecular formula is C8H17NO3S. The van der Waals surface area contributed by atoms with Crippen LogP contribution in [0.1, 0.15) is 20.8 Å². The molecule has 4 N–H and O–H groups in total. The zero-order valence-corrected chi connectivity index (χ0v) is 8.97. The molecule has 0 radical (unpaired) electrons. The Morgan fingerprint density at radius 2 is 2.08 bits per heavy atom. The highest BCUT2D eigenvalue weighted by molar-refractivity contribution is 8.00. The fourth-order valence-electron chi connectivity index (χ4n) is 0.723. The van der Waals surface area contributed by atoms with E-state index in [1.165, 1.54) is 11.8 Å². The van der Waals surface area contributed by atoms with Crippen LogP contribution in [-0.4, -0.2) is 38.8 Å². The zero-order valence-electron chi connectivity index (χ0n) is 8.15. The second-order valence-corrected chi connectivity index (χ2v) is 5.25. The Morgan fingerprint density at radius 3 is 2.38 bits per heavy atom. The van der Waals surface area contributed by atoms with Gasteiger partial charge in [0.15, 0.2) is 0 Å². The van der Waals surface area contributed by atoms with Gasteiger partial charge in [0.05, 0.1) is 6.10 Å². The molecule has 4 nitrogen and oxygen atoms in total. The van der Waals surface area contributed by atoms with Gasteiger partial charge in [-0.1, -0.05) is 0 Å². The van der Waals surface area contributed by atoms with Crippen molar-refractivity contribution >= 4 is 17.7 Å². The van der Waals surface area contributed by atoms with Crippen LogP contribution in [0, 0.1) is 0 Å². The average Bonchev–Trinajstić information content (AvgIpc) is 1.99. The quantitative estimate of drug-likeness (QED) is 0.603. The van der Waals surface area contributed by atoms with Gasteiger partial charge >= 0.3 is 5.97 Å². The number of carboxylic acids is 1. The van der Waals surface area contributed by atoms with Gasteiger partial charge in [-0.2, -0.15) is 11.8 Å². The molecule has 78 valence electrons. The first kappa shape index (κ1) is 12.7. The Labute approximate surface area is 82.5 Å². The van der Waals surface area contributed by atoms with Crippen LogP contribution in [0.5, 0.6) is 0 Å². The second-order valence-electron chi connectivity index (χ2n) is 3.58. The van der Waals surface area contributed by atoms with Gasteiger partial charge in [0.25, 0.3) is 0 Å². The van der Waals surface area contributed by atoms with Gasteiger partial charge in [0.2, 0.25) is 0 Å². The Kier molecular flexibility index (Phi) is 4.74. The molecule has 0 aromatic carbocycles. The lowest BCUT2D eigenvalue weighted by Crippen LogP contribution is -2.47. The number of rotatable bonds is 5. The normalized spacial score (nSPS) is 16.7. The monoisotopic (exact) mass is 207 g/mol. The highest BCUT2D eigenvalue weighted by Gasteiger charge is 2.32. The van der Waals surface area contributed by atoms with Crippen molar-refractivity contribution in [3.63, 3.8) is 0 Å². The predicted octanol–water partition coefficient (Wildman–Crippen LogP) is 0.291. The van der Waals surface area contributed by atoms with Crippen molar-refractivity contribution in [2.24, 2.45) is 5.73 Å². The minimum atomic E-state index is -1.01. The summed E-state index contributed by atoms with van der Waals surface area (Å²) in [6.07, 6.45) is -0.440. The van der Waals surface area contributed by atoms with Crippen molar-refractivity contribution in [2.75, 3.05) is 5.75 Å². The molecule has 0 spiro atoms. The first-order valence-electron chi connectivity index (χ1n) is 4.08. The number of hydrogen-bond acceptors (Lipinski definition) is 4. The summed E-state index contributed by atoms with van der Waals surface area (Å²) in [6.45, 7) is 5.19. The van der Waals surface area contributed by atoms with E-state index in [0.717, 1.165) is 0 Å². The number of carbonyl (C=O) groups is 1. The fraction of sp³-hybridized carbons (Fsp3) is 0.875.